The summed E-state index contributed by atoms with van der Waals surface area (Å²) in [7, 11) is 0. The topological polar surface area (TPSA) is 0 Å². The minimum absolute atomic E-state index is 0.604. The Morgan fingerprint density at radius 1 is 1.33 bits per heavy atom. The van der Waals surface area contributed by atoms with Crippen LogP contribution in [0, 0.1) is 12.3 Å². The maximum Gasteiger partial charge on any atom is 0.457 e. The lowest BCUT2D eigenvalue weighted by Gasteiger charge is -1.88. The van der Waals surface area contributed by atoms with E-state index in [2.05, 4.69) is 6.42 Å². The summed E-state index contributed by atoms with van der Waals surface area (Å²) in [5.41, 5.74) is 0. The molecule has 6 heavy (non-hydrogen) atoms. The summed E-state index contributed by atoms with van der Waals surface area (Å²) in [6, 6.07) is 0. The van der Waals surface area contributed by atoms with E-state index in [9.17, 15) is 13.2 Å². The van der Waals surface area contributed by atoms with Crippen molar-refractivity contribution in [2.45, 2.75) is 6.18 Å². The fraction of sp³-hybridized carbons (Fsp3) is 0.333. The van der Waals surface area contributed by atoms with Crippen LogP contribution in [0.25, 0.3) is 0 Å². The van der Waals surface area contributed by atoms with Crippen molar-refractivity contribution in [3.05, 3.63) is 0 Å². The van der Waals surface area contributed by atoms with E-state index < -0.39 is 6.18 Å². The van der Waals surface area contributed by atoms with Crippen LogP contribution in [0.5, 0.6) is 0 Å². The highest BCUT2D eigenvalue weighted by Gasteiger charge is 2.21. The average molecular weight is 94.0 g/mol. The van der Waals surface area contributed by atoms with Crippen LogP contribution in [0.4, 0.5) is 13.2 Å². The number of terminal acetylenes is 1. The molecule has 0 aromatic rings. The Morgan fingerprint density at radius 3 is 1.50 bits per heavy atom. The maximum atomic E-state index is 10.5. The summed E-state index contributed by atoms with van der Waals surface area (Å²) in [5.74, 6) is 0.604. The summed E-state index contributed by atoms with van der Waals surface area (Å²) < 4.78 is 31.6. The second-order valence-electron chi connectivity index (χ2n) is 0.642. The average Bonchev–Trinajstić information content (AvgIpc) is 1.35. The largest absolute Gasteiger partial charge is 0.457 e. The second kappa shape index (κ2) is 1.21. The zero-order chi connectivity index (χ0) is 5.21. The van der Waals surface area contributed by atoms with Gasteiger partial charge in [-0.15, -0.1) is 6.42 Å². The zero-order valence-corrected chi connectivity index (χ0v) is 2.71. The van der Waals surface area contributed by atoms with E-state index in [4.69, 9.17) is 0 Å². The third-order valence-corrected chi connectivity index (χ3v) is 0.164. The van der Waals surface area contributed by atoms with E-state index in [-0.39, 0.29) is 0 Å². The van der Waals surface area contributed by atoms with Crippen LogP contribution in [-0.2, 0) is 0 Å². The SMILES string of the molecule is C#CC(F)(F)F. The first kappa shape index (κ1) is 5.35. The summed E-state index contributed by atoms with van der Waals surface area (Å²) in [6.45, 7) is 0. The third-order valence-electron chi connectivity index (χ3n) is 0.164. The third kappa shape index (κ3) is 3.35. The van der Waals surface area contributed by atoms with Gasteiger partial charge in [-0.1, -0.05) is 0 Å². The van der Waals surface area contributed by atoms with Gasteiger partial charge in [0, 0.05) is 5.92 Å². The molecule has 0 saturated heterocycles. The van der Waals surface area contributed by atoms with E-state index in [0.29, 0.717) is 5.92 Å². The van der Waals surface area contributed by atoms with Gasteiger partial charge in [0.1, 0.15) is 0 Å². The summed E-state index contributed by atoms with van der Waals surface area (Å²) in [6.07, 6.45) is -0.500. The highest BCUT2D eigenvalue weighted by Crippen LogP contribution is 2.10. The molecule has 0 atom stereocenters. The molecule has 0 aromatic carbocycles. The standard InChI is InChI=1S/C3HF3/c1-2-3(4,5)6/h1H. The lowest BCUT2D eigenvalue weighted by molar-refractivity contribution is -0.0695. The first-order valence-electron chi connectivity index (χ1n) is 1.11. The summed E-state index contributed by atoms with van der Waals surface area (Å²) in [5, 5.41) is 0. The van der Waals surface area contributed by atoms with Crippen molar-refractivity contribution in [3.63, 3.8) is 0 Å². The molecule has 34 valence electrons. The van der Waals surface area contributed by atoms with Crippen LogP contribution >= 0.6 is 0 Å². The van der Waals surface area contributed by atoms with Gasteiger partial charge in [0.15, 0.2) is 0 Å². The van der Waals surface area contributed by atoms with Crippen LogP contribution in [0.15, 0.2) is 0 Å². The molecule has 0 aliphatic heterocycles. The molecule has 0 unspecified atom stereocenters. The molecular formula is C3HF3. The van der Waals surface area contributed by atoms with Crippen LogP contribution in [0.1, 0.15) is 0 Å². The monoisotopic (exact) mass is 94.0 g/mol. The van der Waals surface area contributed by atoms with Gasteiger partial charge in [-0.05, 0) is 0 Å². The van der Waals surface area contributed by atoms with Crippen molar-refractivity contribution in [3.8, 4) is 12.3 Å². The normalized spacial score (nSPS) is 10.3. The van der Waals surface area contributed by atoms with E-state index in [1.165, 1.54) is 0 Å². The molecule has 0 aliphatic rings. The van der Waals surface area contributed by atoms with Crippen molar-refractivity contribution in [1.82, 2.24) is 0 Å². The van der Waals surface area contributed by atoms with Crippen molar-refractivity contribution in [2.75, 3.05) is 0 Å². The molecule has 0 saturated carbocycles. The molecule has 0 amide bonds. The van der Waals surface area contributed by atoms with Gasteiger partial charge in [-0.3, -0.25) is 0 Å². The molecule has 0 radical (unpaired) electrons. The van der Waals surface area contributed by atoms with Crippen LogP contribution in [0.2, 0.25) is 0 Å². The fourth-order valence-corrected chi connectivity index (χ4v) is 0. The molecule has 0 heterocycles. The molecule has 0 bridgehead atoms. The Morgan fingerprint density at radius 2 is 1.50 bits per heavy atom. The smallest absolute Gasteiger partial charge is 0.159 e. The molecule has 0 rings (SSSR count). The Hall–Kier alpha value is -0.650. The predicted molar refractivity (Wildman–Crippen MR) is 14.9 cm³/mol. The van der Waals surface area contributed by atoms with Gasteiger partial charge in [0.25, 0.3) is 0 Å². The number of halogens is 3. The van der Waals surface area contributed by atoms with Crippen molar-refractivity contribution >= 4 is 0 Å². The van der Waals surface area contributed by atoms with Gasteiger partial charge in [0.05, 0.1) is 0 Å². The van der Waals surface area contributed by atoms with Crippen LogP contribution in [0.3, 0.4) is 0 Å². The highest BCUT2D eigenvalue weighted by atomic mass is 19.4. The molecule has 0 spiro atoms. The van der Waals surface area contributed by atoms with Crippen molar-refractivity contribution < 1.29 is 13.2 Å². The minimum Gasteiger partial charge on any atom is -0.159 e. The van der Waals surface area contributed by atoms with Gasteiger partial charge in [-0.25, -0.2) is 0 Å². The molecule has 0 aromatic heterocycles. The molecule has 0 fully saturated rings. The number of alkyl halides is 3. The molecule has 3 heteroatoms. The maximum absolute atomic E-state index is 10.5. The highest BCUT2D eigenvalue weighted by molar-refractivity contribution is 4.92. The number of hydrogen-bond donors (Lipinski definition) is 0. The van der Waals surface area contributed by atoms with Crippen LogP contribution < -0.4 is 0 Å². The zero-order valence-electron chi connectivity index (χ0n) is 2.71. The minimum atomic E-state index is -4.43. The van der Waals surface area contributed by atoms with E-state index >= 15 is 0 Å². The first-order chi connectivity index (χ1) is 2.56. The Balaban J connectivity index is 3.55. The summed E-state index contributed by atoms with van der Waals surface area (Å²) >= 11 is 0. The van der Waals surface area contributed by atoms with Crippen molar-refractivity contribution in [2.24, 2.45) is 0 Å². The molecule has 0 aliphatic carbocycles. The Kier molecular flexibility index (Phi) is 1.08. The Labute approximate surface area is 33.0 Å². The van der Waals surface area contributed by atoms with E-state index in [1.54, 1.807) is 0 Å². The lowest BCUT2D eigenvalue weighted by Crippen LogP contribution is -1.99. The van der Waals surface area contributed by atoms with Gasteiger partial charge < -0.3 is 0 Å². The van der Waals surface area contributed by atoms with E-state index in [1.807, 2.05) is 0 Å². The van der Waals surface area contributed by atoms with Gasteiger partial charge in [-0.2, -0.15) is 13.2 Å². The lowest BCUT2D eigenvalue weighted by atomic mass is 10.7. The van der Waals surface area contributed by atoms with Crippen LogP contribution in [-0.4, -0.2) is 6.18 Å². The van der Waals surface area contributed by atoms with Crippen molar-refractivity contribution in [1.29, 1.82) is 0 Å². The summed E-state index contributed by atoms with van der Waals surface area (Å²) in [4.78, 5) is 0. The molecular weight excluding hydrogens is 93.0 g/mol. The van der Waals surface area contributed by atoms with Gasteiger partial charge in [0.2, 0.25) is 0 Å². The number of hydrogen-bond acceptors (Lipinski definition) is 0. The van der Waals surface area contributed by atoms with Gasteiger partial charge >= 0.3 is 6.18 Å². The second-order valence-corrected chi connectivity index (χ2v) is 0.642. The molecule has 0 nitrogen and oxygen atoms in total. The Bertz CT molecular complexity index is 73.0. The fourth-order valence-electron chi connectivity index (χ4n) is 0. The van der Waals surface area contributed by atoms with E-state index in [0.717, 1.165) is 0 Å². The molecule has 0 N–H and O–H groups in total. The predicted octanol–water partition coefficient (Wildman–Crippen LogP) is 1.18. The first-order valence-corrected chi connectivity index (χ1v) is 1.11. The quantitative estimate of drug-likeness (QED) is 0.395. The number of rotatable bonds is 0.